The number of hydrogen-bond donors (Lipinski definition) is 1. The van der Waals surface area contributed by atoms with Gasteiger partial charge in [-0.05, 0) is 48.0 Å². The van der Waals surface area contributed by atoms with Crippen LogP contribution < -0.4 is 14.8 Å². The topological polar surface area (TPSA) is 56.3 Å². The van der Waals surface area contributed by atoms with Gasteiger partial charge in [-0.15, -0.1) is 0 Å². The van der Waals surface area contributed by atoms with Crippen molar-refractivity contribution in [3.63, 3.8) is 0 Å². The molecule has 0 amide bonds. The SMILES string of the molecule is COc1ccc(OCCNc2nc(Cl)nc3ccccc23)cc1. The maximum absolute atomic E-state index is 5.96. The number of aromatic nitrogens is 2. The molecule has 3 rings (SSSR count). The van der Waals surface area contributed by atoms with E-state index in [4.69, 9.17) is 21.1 Å². The van der Waals surface area contributed by atoms with Gasteiger partial charge in [0.1, 0.15) is 23.9 Å². The number of para-hydroxylation sites is 1. The molecule has 0 unspecified atom stereocenters. The zero-order valence-electron chi connectivity index (χ0n) is 12.6. The van der Waals surface area contributed by atoms with Crippen LogP contribution in [0.25, 0.3) is 10.9 Å². The summed E-state index contributed by atoms with van der Waals surface area (Å²) in [6.45, 7) is 1.10. The number of benzene rings is 2. The molecular weight excluding hydrogens is 314 g/mol. The van der Waals surface area contributed by atoms with E-state index < -0.39 is 0 Å². The van der Waals surface area contributed by atoms with E-state index in [0.717, 1.165) is 22.4 Å². The lowest BCUT2D eigenvalue weighted by Gasteiger charge is -2.10. The van der Waals surface area contributed by atoms with Crippen LogP contribution in [0.5, 0.6) is 11.5 Å². The van der Waals surface area contributed by atoms with Gasteiger partial charge in [0, 0.05) is 5.39 Å². The molecule has 0 fully saturated rings. The van der Waals surface area contributed by atoms with Crippen LogP contribution in [-0.4, -0.2) is 30.2 Å². The number of nitrogens with zero attached hydrogens (tertiary/aromatic N) is 2. The minimum Gasteiger partial charge on any atom is -0.497 e. The lowest BCUT2D eigenvalue weighted by Crippen LogP contribution is -2.13. The van der Waals surface area contributed by atoms with Crippen LogP contribution >= 0.6 is 11.6 Å². The Hall–Kier alpha value is -2.53. The van der Waals surface area contributed by atoms with E-state index in [-0.39, 0.29) is 5.28 Å². The van der Waals surface area contributed by atoms with Gasteiger partial charge in [-0.3, -0.25) is 0 Å². The lowest BCUT2D eigenvalue weighted by atomic mass is 10.2. The summed E-state index contributed by atoms with van der Waals surface area (Å²) in [4.78, 5) is 8.44. The average Bonchev–Trinajstić information content (AvgIpc) is 2.59. The van der Waals surface area contributed by atoms with Crippen LogP contribution in [0.15, 0.2) is 48.5 Å². The van der Waals surface area contributed by atoms with Crippen LogP contribution in [-0.2, 0) is 0 Å². The van der Waals surface area contributed by atoms with Crippen LogP contribution in [0.4, 0.5) is 5.82 Å². The molecule has 0 bridgehead atoms. The quantitative estimate of drug-likeness (QED) is 0.551. The van der Waals surface area contributed by atoms with Gasteiger partial charge in [-0.2, -0.15) is 0 Å². The lowest BCUT2D eigenvalue weighted by molar-refractivity contribution is 0.331. The maximum atomic E-state index is 5.96. The van der Waals surface area contributed by atoms with E-state index in [1.165, 1.54) is 0 Å². The maximum Gasteiger partial charge on any atom is 0.224 e. The number of fused-ring (bicyclic) bond motifs is 1. The normalized spacial score (nSPS) is 10.5. The highest BCUT2D eigenvalue weighted by Crippen LogP contribution is 2.21. The Labute approximate surface area is 139 Å². The number of anilines is 1. The molecule has 1 aromatic heterocycles. The fraction of sp³-hybridized carbons (Fsp3) is 0.176. The molecule has 0 aliphatic carbocycles. The van der Waals surface area contributed by atoms with Crippen molar-refractivity contribution in [3.05, 3.63) is 53.8 Å². The molecule has 2 aromatic carbocycles. The number of nitrogens with one attached hydrogen (secondary N) is 1. The predicted molar refractivity (Wildman–Crippen MR) is 91.5 cm³/mol. The fourth-order valence-electron chi connectivity index (χ4n) is 2.19. The van der Waals surface area contributed by atoms with Crippen LogP contribution in [0.1, 0.15) is 0 Å². The Morgan fingerprint density at radius 1 is 1.00 bits per heavy atom. The minimum absolute atomic E-state index is 0.224. The molecule has 6 heteroatoms. The standard InChI is InChI=1S/C17H16ClN3O2/c1-22-12-6-8-13(9-7-12)23-11-10-19-16-14-4-2-3-5-15(14)20-17(18)21-16/h2-9H,10-11H2,1H3,(H,19,20,21). The van der Waals surface area contributed by atoms with Gasteiger partial charge in [-0.1, -0.05) is 12.1 Å². The smallest absolute Gasteiger partial charge is 0.224 e. The number of ether oxygens (including phenoxy) is 2. The summed E-state index contributed by atoms with van der Waals surface area (Å²) in [5, 5.41) is 4.39. The number of methoxy groups -OCH3 is 1. The van der Waals surface area contributed by atoms with E-state index in [9.17, 15) is 0 Å². The molecule has 1 heterocycles. The zero-order valence-corrected chi connectivity index (χ0v) is 13.4. The molecule has 5 nitrogen and oxygen atoms in total. The minimum atomic E-state index is 0.224. The molecule has 0 saturated heterocycles. The average molecular weight is 330 g/mol. The monoisotopic (exact) mass is 329 g/mol. The van der Waals surface area contributed by atoms with Crippen molar-refractivity contribution in [1.29, 1.82) is 0 Å². The molecule has 118 valence electrons. The summed E-state index contributed by atoms with van der Waals surface area (Å²) in [6.07, 6.45) is 0. The van der Waals surface area contributed by atoms with Crippen molar-refractivity contribution in [3.8, 4) is 11.5 Å². The van der Waals surface area contributed by atoms with Gasteiger partial charge >= 0.3 is 0 Å². The molecule has 3 aromatic rings. The van der Waals surface area contributed by atoms with E-state index >= 15 is 0 Å². The molecule has 0 spiro atoms. The second-order valence-electron chi connectivity index (χ2n) is 4.81. The van der Waals surface area contributed by atoms with Gasteiger partial charge in [0.15, 0.2) is 0 Å². The molecule has 23 heavy (non-hydrogen) atoms. The number of rotatable bonds is 6. The van der Waals surface area contributed by atoms with Crippen molar-refractivity contribution in [1.82, 2.24) is 9.97 Å². The summed E-state index contributed by atoms with van der Waals surface area (Å²) in [6, 6.07) is 15.2. The Bertz CT molecular complexity index is 793. The van der Waals surface area contributed by atoms with Crippen LogP contribution in [0.2, 0.25) is 5.28 Å². The largest absolute Gasteiger partial charge is 0.497 e. The van der Waals surface area contributed by atoms with Gasteiger partial charge in [0.2, 0.25) is 5.28 Å². The molecular formula is C17H16ClN3O2. The predicted octanol–water partition coefficient (Wildman–Crippen LogP) is 3.78. The third kappa shape index (κ3) is 3.81. The van der Waals surface area contributed by atoms with Crippen molar-refractivity contribution in [2.75, 3.05) is 25.6 Å². The highest BCUT2D eigenvalue weighted by molar-refractivity contribution is 6.28. The molecule has 0 saturated carbocycles. The molecule has 0 radical (unpaired) electrons. The number of hydrogen-bond acceptors (Lipinski definition) is 5. The Kier molecular flexibility index (Phi) is 4.78. The van der Waals surface area contributed by atoms with Crippen molar-refractivity contribution < 1.29 is 9.47 Å². The zero-order chi connectivity index (χ0) is 16.1. The molecule has 0 aliphatic heterocycles. The van der Waals surface area contributed by atoms with Crippen molar-refractivity contribution in [2.24, 2.45) is 0 Å². The first-order valence-corrected chi connectivity index (χ1v) is 7.57. The van der Waals surface area contributed by atoms with Gasteiger partial charge < -0.3 is 14.8 Å². The van der Waals surface area contributed by atoms with E-state index in [1.54, 1.807) is 7.11 Å². The fourth-order valence-corrected chi connectivity index (χ4v) is 2.37. The van der Waals surface area contributed by atoms with E-state index in [2.05, 4.69) is 15.3 Å². The Morgan fingerprint density at radius 3 is 2.52 bits per heavy atom. The highest BCUT2D eigenvalue weighted by Gasteiger charge is 2.05. The Morgan fingerprint density at radius 2 is 1.74 bits per heavy atom. The van der Waals surface area contributed by atoms with Crippen molar-refractivity contribution in [2.45, 2.75) is 0 Å². The van der Waals surface area contributed by atoms with Gasteiger partial charge in [0.25, 0.3) is 0 Å². The van der Waals surface area contributed by atoms with Crippen molar-refractivity contribution >= 4 is 28.3 Å². The summed E-state index contributed by atoms with van der Waals surface area (Å²) < 4.78 is 10.8. The Balaban J connectivity index is 1.60. The molecule has 1 N–H and O–H groups in total. The summed E-state index contributed by atoms with van der Waals surface area (Å²) in [5.74, 6) is 2.30. The third-order valence-electron chi connectivity index (χ3n) is 3.30. The first kappa shape index (κ1) is 15.4. The van der Waals surface area contributed by atoms with Crippen LogP contribution in [0.3, 0.4) is 0 Å². The molecule has 0 aliphatic rings. The summed E-state index contributed by atoms with van der Waals surface area (Å²) in [5.41, 5.74) is 0.811. The van der Waals surface area contributed by atoms with E-state index in [0.29, 0.717) is 19.0 Å². The van der Waals surface area contributed by atoms with Gasteiger partial charge in [0.05, 0.1) is 19.2 Å². The third-order valence-corrected chi connectivity index (χ3v) is 3.47. The highest BCUT2D eigenvalue weighted by atomic mass is 35.5. The number of halogens is 1. The first-order chi connectivity index (χ1) is 11.3. The van der Waals surface area contributed by atoms with E-state index in [1.807, 2.05) is 48.5 Å². The summed E-state index contributed by atoms with van der Waals surface area (Å²) >= 11 is 5.96. The summed E-state index contributed by atoms with van der Waals surface area (Å²) in [7, 11) is 1.64. The second-order valence-corrected chi connectivity index (χ2v) is 5.15. The first-order valence-electron chi connectivity index (χ1n) is 7.19. The molecule has 0 atom stereocenters. The van der Waals surface area contributed by atoms with Gasteiger partial charge in [-0.25, -0.2) is 9.97 Å². The second kappa shape index (κ2) is 7.15. The van der Waals surface area contributed by atoms with Crippen LogP contribution in [0, 0.1) is 0 Å².